The summed E-state index contributed by atoms with van der Waals surface area (Å²) in [4.78, 5) is 0. The van der Waals surface area contributed by atoms with Gasteiger partial charge in [0.1, 0.15) is 5.15 Å². The highest BCUT2D eigenvalue weighted by atomic mass is 35.5. The summed E-state index contributed by atoms with van der Waals surface area (Å²) in [6.07, 6.45) is 0.798. The highest BCUT2D eigenvalue weighted by Crippen LogP contribution is 2.27. The molecule has 0 fully saturated rings. The first-order valence-corrected chi connectivity index (χ1v) is 7.45. The van der Waals surface area contributed by atoms with Crippen LogP contribution in [-0.2, 0) is 13.5 Å². The first-order chi connectivity index (χ1) is 9.52. The molecule has 2 rings (SSSR count). The number of benzene rings is 1. The monoisotopic (exact) mass is 311 g/mol. The zero-order chi connectivity index (χ0) is 14.7. The van der Waals surface area contributed by atoms with Crippen molar-refractivity contribution in [1.29, 1.82) is 0 Å². The van der Waals surface area contributed by atoms with Gasteiger partial charge in [0, 0.05) is 23.7 Å². The Morgan fingerprint density at radius 1 is 1.35 bits per heavy atom. The fourth-order valence-corrected chi connectivity index (χ4v) is 2.84. The molecule has 0 saturated heterocycles. The van der Waals surface area contributed by atoms with Crippen LogP contribution in [0.3, 0.4) is 0 Å². The van der Waals surface area contributed by atoms with Crippen molar-refractivity contribution in [1.82, 2.24) is 15.1 Å². The van der Waals surface area contributed by atoms with Crippen molar-refractivity contribution in [2.45, 2.75) is 26.3 Å². The largest absolute Gasteiger partial charge is 0.310 e. The highest BCUT2D eigenvalue weighted by Gasteiger charge is 2.18. The lowest BCUT2D eigenvalue weighted by molar-refractivity contribution is 0.549. The number of hydrogen-bond acceptors (Lipinski definition) is 2. The van der Waals surface area contributed by atoms with Crippen molar-refractivity contribution in [2.24, 2.45) is 7.05 Å². The van der Waals surface area contributed by atoms with Crippen LogP contribution in [0.2, 0.25) is 10.2 Å². The van der Waals surface area contributed by atoms with E-state index >= 15 is 0 Å². The van der Waals surface area contributed by atoms with Crippen molar-refractivity contribution in [3.8, 4) is 0 Å². The molecule has 0 bridgehead atoms. The summed E-state index contributed by atoms with van der Waals surface area (Å²) in [6.45, 7) is 4.96. The van der Waals surface area contributed by atoms with Crippen molar-refractivity contribution in [3.63, 3.8) is 0 Å². The summed E-state index contributed by atoms with van der Waals surface area (Å²) in [7, 11) is 1.86. The maximum absolute atomic E-state index is 6.32. The van der Waals surface area contributed by atoms with Crippen LogP contribution in [0.1, 0.15) is 29.8 Å². The summed E-state index contributed by atoms with van der Waals surface area (Å²) in [6, 6.07) is 8.11. The summed E-state index contributed by atoms with van der Waals surface area (Å²) in [5, 5.41) is 9.30. The zero-order valence-corrected chi connectivity index (χ0v) is 13.5. The number of rotatable bonds is 5. The first-order valence-electron chi connectivity index (χ1n) is 6.69. The molecule has 1 unspecified atom stereocenters. The van der Waals surface area contributed by atoms with Crippen LogP contribution in [0.4, 0.5) is 0 Å². The van der Waals surface area contributed by atoms with Crippen molar-refractivity contribution < 1.29 is 0 Å². The van der Waals surface area contributed by atoms with Crippen molar-refractivity contribution >= 4 is 23.2 Å². The van der Waals surface area contributed by atoms with Crippen LogP contribution in [0.25, 0.3) is 0 Å². The Kier molecular flexibility index (Phi) is 5.08. The third-order valence-electron chi connectivity index (χ3n) is 3.38. The minimum Gasteiger partial charge on any atom is -0.310 e. The molecule has 20 heavy (non-hydrogen) atoms. The van der Waals surface area contributed by atoms with Crippen LogP contribution >= 0.6 is 23.2 Å². The molecule has 1 aromatic heterocycles. The van der Waals surface area contributed by atoms with Gasteiger partial charge in [0.25, 0.3) is 0 Å². The Labute approximate surface area is 129 Å². The Morgan fingerprint density at radius 3 is 2.65 bits per heavy atom. The second-order valence-corrected chi connectivity index (χ2v) is 5.64. The van der Waals surface area contributed by atoms with E-state index in [2.05, 4.69) is 23.4 Å². The van der Waals surface area contributed by atoms with E-state index in [1.54, 1.807) is 4.68 Å². The van der Waals surface area contributed by atoms with Crippen LogP contribution in [-0.4, -0.2) is 16.3 Å². The Bertz CT molecular complexity index is 593. The number of likely N-dealkylation sites (N-methyl/N-ethyl adjacent to an activating group) is 1. The van der Waals surface area contributed by atoms with E-state index in [-0.39, 0.29) is 6.04 Å². The maximum Gasteiger partial charge on any atom is 0.130 e. The fraction of sp³-hybridized carbons (Fsp3) is 0.400. The standard InChI is InChI=1S/C15H19Cl2N3/c1-4-18-14(11-6-5-7-12(16)8-11)9-13-10(2)19-20(3)15(13)17/h5-8,14,18H,4,9H2,1-3H3. The zero-order valence-electron chi connectivity index (χ0n) is 12.0. The van der Waals surface area contributed by atoms with Gasteiger partial charge in [-0.3, -0.25) is 4.68 Å². The topological polar surface area (TPSA) is 29.9 Å². The van der Waals surface area contributed by atoms with Gasteiger partial charge in [0.2, 0.25) is 0 Å². The van der Waals surface area contributed by atoms with E-state index in [1.807, 2.05) is 32.2 Å². The lowest BCUT2D eigenvalue weighted by Crippen LogP contribution is -2.23. The summed E-state index contributed by atoms with van der Waals surface area (Å²) in [5.41, 5.74) is 3.22. The smallest absolute Gasteiger partial charge is 0.130 e. The van der Waals surface area contributed by atoms with Gasteiger partial charge in [0.05, 0.1) is 5.69 Å². The van der Waals surface area contributed by atoms with Crippen molar-refractivity contribution in [2.75, 3.05) is 6.54 Å². The lowest BCUT2D eigenvalue weighted by atomic mass is 9.99. The maximum atomic E-state index is 6.32. The molecule has 0 aliphatic heterocycles. The number of halogens is 2. The lowest BCUT2D eigenvalue weighted by Gasteiger charge is -2.18. The molecule has 0 amide bonds. The first kappa shape index (κ1) is 15.4. The minimum atomic E-state index is 0.180. The van der Waals surface area contributed by atoms with Crippen LogP contribution in [0, 0.1) is 6.92 Å². The Hall–Kier alpha value is -1.03. The Balaban J connectivity index is 2.30. The molecule has 1 atom stereocenters. The van der Waals surface area contributed by atoms with Crippen molar-refractivity contribution in [3.05, 3.63) is 51.3 Å². The average molecular weight is 312 g/mol. The van der Waals surface area contributed by atoms with E-state index < -0.39 is 0 Å². The van der Waals surface area contributed by atoms with Gasteiger partial charge in [-0.15, -0.1) is 0 Å². The third-order valence-corrected chi connectivity index (χ3v) is 4.09. The van der Waals surface area contributed by atoms with E-state index in [1.165, 1.54) is 5.56 Å². The van der Waals surface area contributed by atoms with E-state index in [4.69, 9.17) is 23.2 Å². The van der Waals surface area contributed by atoms with Crippen LogP contribution in [0.15, 0.2) is 24.3 Å². The molecular formula is C15H19Cl2N3. The highest BCUT2D eigenvalue weighted by molar-refractivity contribution is 6.30. The summed E-state index contributed by atoms with van der Waals surface area (Å²) < 4.78 is 1.72. The molecule has 1 aromatic carbocycles. The second kappa shape index (κ2) is 6.61. The second-order valence-electron chi connectivity index (χ2n) is 4.85. The molecular weight excluding hydrogens is 293 g/mol. The normalized spacial score (nSPS) is 12.7. The number of aromatic nitrogens is 2. The van der Waals surface area contributed by atoms with E-state index in [0.29, 0.717) is 5.15 Å². The van der Waals surface area contributed by atoms with Gasteiger partial charge < -0.3 is 5.32 Å². The number of hydrogen-bond donors (Lipinski definition) is 1. The molecule has 0 aliphatic rings. The average Bonchev–Trinajstić information content (AvgIpc) is 2.64. The van der Waals surface area contributed by atoms with Crippen LogP contribution in [0.5, 0.6) is 0 Å². The van der Waals surface area contributed by atoms with Gasteiger partial charge in [-0.2, -0.15) is 5.10 Å². The van der Waals surface area contributed by atoms with E-state index in [0.717, 1.165) is 29.2 Å². The SMILES string of the molecule is CCNC(Cc1c(C)nn(C)c1Cl)c1cccc(Cl)c1. The van der Waals surface area contributed by atoms with Gasteiger partial charge in [0.15, 0.2) is 0 Å². The number of nitrogens with zero attached hydrogens (tertiary/aromatic N) is 2. The predicted molar refractivity (Wildman–Crippen MR) is 84.5 cm³/mol. The quantitative estimate of drug-likeness (QED) is 0.906. The number of nitrogens with one attached hydrogen (secondary N) is 1. The molecule has 0 radical (unpaired) electrons. The predicted octanol–water partition coefficient (Wildman–Crippen LogP) is 3.93. The molecule has 5 heteroatoms. The Morgan fingerprint density at radius 2 is 2.10 bits per heavy atom. The number of aryl methyl sites for hydroxylation is 2. The molecule has 108 valence electrons. The van der Waals surface area contributed by atoms with Gasteiger partial charge in [-0.1, -0.05) is 42.3 Å². The summed E-state index contributed by atoms with van der Waals surface area (Å²) in [5.74, 6) is 0. The molecule has 1 heterocycles. The molecule has 3 nitrogen and oxygen atoms in total. The third kappa shape index (κ3) is 3.35. The van der Waals surface area contributed by atoms with Crippen LogP contribution < -0.4 is 5.32 Å². The van der Waals surface area contributed by atoms with Gasteiger partial charge in [-0.25, -0.2) is 0 Å². The molecule has 2 aromatic rings. The fourth-order valence-electron chi connectivity index (χ4n) is 2.39. The molecule has 1 N–H and O–H groups in total. The van der Waals surface area contributed by atoms with Gasteiger partial charge in [-0.05, 0) is 37.6 Å². The molecule has 0 spiro atoms. The summed E-state index contributed by atoms with van der Waals surface area (Å²) >= 11 is 12.4. The molecule has 0 saturated carbocycles. The van der Waals surface area contributed by atoms with Gasteiger partial charge >= 0.3 is 0 Å². The van der Waals surface area contributed by atoms with E-state index in [9.17, 15) is 0 Å². The minimum absolute atomic E-state index is 0.180. The molecule has 0 aliphatic carbocycles.